The fourth-order valence-corrected chi connectivity index (χ4v) is 2.90. The maximum absolute atomic E-state index is 13.0. The van der Waals surface area contributed by atoms with Gasteiger partial charge in [0.25, 0.3) is 11.6 Å². The number of hydrogen-bond donors (Lipinski definition) is 1. The van der Waals surface area contributed by atoms with E-state index >= 15 is 0 Å². The molecule has 0 aliphatic rings. The predicted octanol–water partition coefficient (Wildman–Crippen LogP) is 4.57. The maximum atomic E-state index is 13.0. The number of furan rings is 1. The number of hydrogen-bond acceptors (Lipinski definition) is 6. The van der Waals surface area contributed by atoms with Gasteiger partial charge in [-0.2, -0.15) is 5.26 Å². The van der Waals surface area contributed by atoms with Crippen LogP contribution in [0.1, 0.15) is 21.6 Å². The molecular formula is C19H11ClN4O3. The van der Waals surface area contributed by atoms with Crippen molar-refractivity contribution in [3.05, 3.63) is 64.5 Å². The molecule has 3 aromatic heterocycles. The number of anilines is 1. The topological polar surface area (TPSA) is 105 Å². The number of nitrogens with one attached hydrogen (secondary N) is 1. The third-order valence-corrected chi connectivity index (χ3v) is 4.22. The zero-order valence-electron chi connectivity index (χ0n) is 14.0. The van der Waals surface area contributed by atoms with E-state index in [1.165, 1.54) is 12.3 Å². The van der Waals surface area contributed by atoms with Crippen LogP contribution < -0.4 is 5.32 Å². The molecule has 0 unspecified atom stereocenters. The molecule has 0 aliphatic carbocycles. The lowest BCUT2D eigenvalue weighted by Crippen LogP contribution is -2.14. The van der Waals surface area contributed by atoms with Crippen molar-refractivity contribution in [3.63, 3.8) is 0 Å². The molecule has 7 nitrogen and oxygen atoms in total. The number of nitriles is 1. The number of benzene rings is 1. The summed E-state index contributed by atoms with van der Waals surface area (Å²) in [4.78, 5) is 17.3. The van der Waals surface area contributed by atoms with Gasteiger partial charge in [-0.1, -0.05) is 16.8 Å². The Kier molecular flexibility index (Phi) is 4.11. The number of carbonyl (C=O) groups is 1. The SMILES string of the molecule is Cc1noc2nc(-c3ccco3)cc(C(=O)Nc3cc(Cl)ccc3C#N)c12. The van der Waals surface area contributed by atoms with E-state index in [0.717, 1.165) is 0 Å². The van der Waals surface area contributed by atoms with Crippen LogP contribution in [0.25, 0.3) is 22.6 Å². The second kappa shape index (κ2) is 6.59. The first-order chi connectivity index (χ1) is 13.1. The molecule has 0 saturated heterocycles. The van der Waals surface area contributed by atoms with Crippen LogP contribution in [0.5, 0.6) is 0 Å². The Hall–Kier alpha value is -3.63. The molecule has 132 valence electrons. The molecule has 1 aromatic carbocycles. The summed E-state index contributed by atoms with van der Waals surface area (Å²) in [5.74, 6) is 0.0424. The molecule has 1 N–H and O–H groups in total. The van der Waals surface area contributed by atoms with E-state index in [2.05, 4.69) is 15.5 Å². The van der Waals surface area contributed by atoms with E-state index < -0.39 is 5.91 Å². The lowest BCUT2D eigenvalue weighted by Gasteiger charge is -2.09. The molecule has 0 fully saturated rings. The normalized spacial score (nSPS) is 10.7. The predicted molar refractivity (Wildman–Crippen MR) is 98.4 cm³/mol. The number of fused-ring (bicyclic) bond motifs is 1. The van der Waals surface area contributed by atoms with Gasteiger partial charge in [-0.05, 0) is 43.3 Å². The highest BCUT2D eigenvalue weighted by Crippen LogP contribution is 2.28. The highest BCUT2D eigenvalue weighted by molar-refractivity contribution is 6.31. The molecule has 0 atom stereocenters. The number of amides is 1. The van der Waals surface area contributed by atoms with Crippen molar-refractivity contribution < 1.29 is 13.7 Å². The minimum absolute atomic E-state index is 0.221. The van der Waals surface area contributed by atoms with Gasteiger partial charge in [0.15, 0.2) is 5.76 Å². The van der Waals surface area contributed by atoms with E-state index in [-0.39, 0.29) is 5.71 Å². The molecule has 1 amide bonds. The number of nitrogens with zero attached hydrogens (tertiary/aromatic N) is 3. The molecule has 8 heteroatoms. The van der Waals surface area contributed by atoms with Crippen LogP contribution in [0.2, 0.25) is 5.02 Å². The zero-order chi connectivity index (χ0) is 19.0. The van der Waals surface area contributed by atoms with Gasteiger partial charge in [-0.3, -0.25) is 4.79 Å². The van der Waals surface area contributed by atoms with Gasteiger partial charge in [-0.15, -0.1) is 0 Å². The number of rotatable bonds is 3. The van der Waals surface area contributed by atoms with E-state index in [4.69, 9.17) is 20.5 Å². The van der Waals surface area contributed by atoms with Crippen LogP contribution >= 0.6 is 11.6 Å². The van der Waals surface area contributed by atoms with Crippen LogP contribution in [0, 0.1) is 18.3 Å². The highest BCUT2D eigenvalue weighted by Gasteiger charge is 2.21. The van der Waals surface area contributed by atoms with Crippen molar-refractivity contribution in [3.8, 4) is 17.5 Å². The average Bonchev–Trinajstić information content (AvgIpc) is 3.31. The average molecular weight is 379 g/mol. The van der Waals surface area contributed by atoms with Crippen LogP contribution in [0.3, 0.4) is 0 Å². The summed E-state index contributed by atoms with van der Waals surface area (Å²) in [5.41, 5.74) is 2.09. The lowest BCUT2D eigenvalue weighted by molar-refractivity contribution is 0.102. The Morgan fingerprint density at radius 2 is 2.15 bits per heavy atom. The summed E-state index contributed by atoms with van der Waals surface area (Å²) in [7, 11) is 0. The Bertz CT molecular complexity index is 1210. The summed E-state index contributed by atoms with van der Waals surface area (Å²) in [6.45, 7) is 1.72. The molecule has 0 bridgehead atoms. The molecule has 0 spiro atoms. The molecule has 0 aliphatic heterocycles. The second-order valence-corrected chi connectivity index (χ2v) is 6.17. The number of halogens is 1. The zero-order valence-corrected chi connectivity index (χ0v) is 14.7. The summed E-state index contributed by atoms with van der Waals surface area (Å²) in [6.07, 6.45) is 1.51. The molecular weight excluding hydrogens is 368 g/mol. The molecule has 4 aromatic rings. The van der Waals surface area contributed by atoms with Crippen LogP contribution in [0.4, 0.5) is 5.69 Å². The maximum Gasteiger partial charge on any atom is 0.259 e. The summed E-state index contributed by atoms with van der Waals surface area (Å²) in [5, 5.41) is 16.8. The van der Waals surface area contributed by atoms with Gasteiger partial charge in [0.05, 0.1) is 34.2 Å². The Morgan fingerprint density at radius 1 is 1.30 bits per heavy atom. The minimum atomic E-state index is -0.444. The van der Waals surface area contributed by atoms with E-state index in [9.17, 15) is 10.1 Å². The third kappa shape index (κ3) is 3.03. The Balaban J connectivity index is 1.83. The third-order valence-electron chi connectivity index (χ3n) is 3.99. The highest BCUT2D eigenvalue weighted by atomic mass is 35.5. The summed E-state index contributed by atoms with van der Waals surface area (Å²) < 4.78 is 10.6. The van der Waals surface area contributed by atoms with Gasteiger partial charge in [0, 0.05) is 5.02 Å². The summed E-state index contributed by atoms with van der Waals surface area (Å²) in [6, 6.07) is 11.7. The van der Waals surface area contributed by atoms with Crippen LogP contribution in [-0.4, -0.2) is 16.0 Å². The van der Waals surface area contributed by atoms with Gasteiger partial charge in [-0.25, -0.2) is 4.98 Å². The standard InChI is InChI=1S/C19H11ClN4O3/c1-10-17-13(18(25)22-14-7-12(20)5-4-11(14)9-21)8-15(16-3-2-6-26-16)23-19(17)27-24-10/h2-8H,1H3,(H,22,25). The Labute approximate surface area is 158 Å². The molecule has 4 rings (SSSR count). The van der Waals surface area contributed by atoms with Crippen molar-refractivity contribution in [1.82, 2.24) is 10.1 Å². The largest absolute Gasteiger partial charge is 0.463 e. The summed E-state index contributed by atoms with van der Waals surface area (Å²) >= 11 is 5.99. The number of aryl methyl sites for hydroxylation is 1. The molecule has 3 heterocycles. The number of carbonyl (C=O) groups excluding carboxylic acids is 1. The van der Waals surface area contributed by atoms with Gasteiger partial charge in [0.1, 0.15) is 11.8 Å². The van der Waals surface area contributed by atoms with E-state index in [1.807, 2.05) is 6.07 Å². The fraction of sp³-hybridized carbons (Fsp3) is 0.0526. The fourth-order valence-electron chi connectivity index (χ4n) is 2.73. The van der Waals surface area contributed by atoms with Crippen molar-refractivity contribution in [2.75, 3.05) is 5.32 Å². The quantitative estimate of drug-likeness (QED) is 0.559. The molecule has 0 radical (unpaired) electrons. The van der Waals surface area contributed by atoms with E-state index in [0.29, 0.717) is 44.4 Å². The van der Waals surface area contributed by atoms with Gasteiger partial charge < -0.3 is 14.3 Å². The van der Waals surface area contributed by atoms with Gasteiger partial charge >= 0.3 is 0 Å². The number of aromatic nitrogens is 2. The molecule has 27 heavy (non-hydrogen) atoms. The first kappa shape index (κ1) is 16.8. The number of pyridine rings is 1. The van der Waals surface area contributed by atoms with Crippen LogP contribution in [0.15, 0.2) is 51.6 Å². The Morgan fingerprint density at radius 3 is 2.89 bits per heavy atom. The van der Waals surface area contributed by atoms with Gasteiger partial charge in [0.2, 0.25) is 0 Å². The first-order valence-corrected chi connectivity index (χ1v) is 8.26. The van der Waals surface area contributed by atoms with Crippen LogP contribution in [-0.2, 0) is 0 Å². The van der Waals surface area contributed by atoms with Crippen molar-refractivity contribution in [2.24, 2.45) is 0 Å². The van der Waals surface area contributed by atoms with Crippen molar-refractivity contribution in [1.29, 1.82) is 5.26 Å². The second-order valence-electron chi connectivity index (χ2n) is 5.74. The molecule has 0 saturated carbocycles. The van der Waals surface area contributed by atoms with Crippen molar-refractivity contribution in [2.45, 2.75) is 6.92 Å². The van der Waals surface area contributed by atoms with E-state index in [1.54, 1.807) is 37.3 Å². The lowest BCUT2D eigenvalue weighted by atomic mass is 10.1. The minimum Gasteiger partial charge on any atom is -0.463 e. The smallest absolute Gasteiger partial charge is 0.259 e. The van der Waals surface area contributed by atoms with Crippen molar-refractivity contribution >= 4 is 34.3 Å². The monoisotopic (exact) mass is 378 g/mol. The first-order valence-electron chi connectivity index (χ1n) is 7.88.